The maximum Gasteiger partial charge on any atom is 0.256 e. The average molecular weight is 484 g/mol. The zero-order chi connectivity index (χ0) is 24.9. The molecule has 2 heterocycles. The van der Waals surface area contributed by atoms with Crippen LogP contribution in [-0.2, 0) is 4.79 Å². The fourth-order valence-corrected chi connectivity index (χ4v) is 4.32. The molecule has 0 unspecified atom stereocenters. The third kappa shape index (κ3) is 5.72. The topological polar surface area (TPSA) is 97.0 Å². The standard InChI is InChI=1S/C26H30FN3O5/c1-16(2)14-28-25(32)23(29-24(31)18-7-8-21-22(13-18)35-15-34-21)17-9-11-30(12-10-17)26(33)19-5-3-4-6-20(19)27/h3-8,13,16-17,23H,9-12,14-15H2,1-2H3,(H,28,32)(H,29,31)/t23-/m1/s1. The van der Waals surface area contributed by atoms with E-state index in [2.05, 4.69) is 10.6 Å². The highest BCUT2D eigenvalue weighted by Gasteiger charge is 2.34. The van der Waals surface area contributed by atoms with Crippen molar-refractivity contribution < 1.29 is 28.2 Å². The van der Waals surface area contributed by atoms with Gasteiger partial charge in [0.25, 0.3) is 11.8 Å². The number of amides is 3. The summed E-state index contributed by atoms with van der Waals surface area (Å²) in [7, 11) is 0. The van der Waals surface area contributed by atoms with E-state index in [9.17, 15) is 18.8 Å². The highest BCUT2D eigenvalue weighted by molar-refractivity contribution is 5.98. The van der Waals surface area contributed by atoms with E-state index in [1.807, 2.05) is 13.8 Å². The van der Waals surface area contributed by atoms with Gasteiger partial charge in [-0.15, -0.1) is 0 Å². The Morgan fingerprint density at radius 1 is 1.06 bits per heavy atom. The lowest BCUT2D eigenvalue weighted by Crippen LogP contribution is -2.54. The van der Waals surface area contributed by atoms with Crippen LogP contribution in [0.2, 0.25) is 0 Å². The summed E-state index contributed by atoms with van der Waals surface area (Å²) < 4.78 is 24.7. The number of hydrogen-bond acceptors (Lipinski definition) is 5. The molecule has 2 N–H and O–H groups in total. The second kappa shape index (κ2) is 10.8. The fourth-order valence-electron chi connectivity index (χ4n) is 4.32. The molecule has 0 saturated carbocycles. The van der Waals surface area contributed by atoms with Crippen molar-refractivity contribution in [2.75, 3.05) is 26.4 Å². The smallest absolute Gasteiger partial charge is 0.256 e. The molecule has 0 spiro atoms. The molecule has 1 fully saturated rings. The summed E-state index contributed by atoms with van der Waals surface area (Å²) in [6, 6.07) is 10.0. The Bertz CT molecular complexity index is 1100. The summed E-state index contributed by atoms with van der Waals surface area (Å²) in [4.78, 5) is 40.5. The molecule has 8 nitrogen and oxygen atoms in total. The zero-order valence-electron chi connectivity index (χ0n) is 19.9. The summed E-state index contributed by atoms with van der Waals surface area (Å²) in [5.41, 5.74) is 0.399. The van der Waals surface area contributed by atoms with Crippen LogP contribution in [0, 0.1) is 17.7 Å². The maximum atomic E-state index is 14.1. The molecule has 1 saturated heterocycles. The minimum absolute atomic E-state index is 0.0355. The Hall–Kier alpha value is -3.62. The van der Waals surface area contributed by atoms with Gasteiger partial charge < -0.3 is 25.0 Å². The monoisotopic (exact) mass is 483 g/mol. The number of hydrogen-bond donors (Lipinski definition) is 2. The number of ether oxygens (including phenoxy) is 2. The van der Waals surface area contributed by atoms with E-state index in [-0.39, 0.29) is 36.0 Å². The summed E-state index contributed by atoms with van der Waals surface area (Å²) in [6.45, 7) is 5.31. The van der Waals surface area contributed by atoms with Gasteiger partial charge in [0.2, 0.25) is 12.7 Å². The molecule has 4 rings (SSSR count). The third-order valence-electron chi connectivity index (χ3n) is 6.29. The molecule has 0 aliphatic carbocycles. The summed E-state index contributed by atoms with van der Waals surface area (Å²) >= 11 is 0. The van der Waals surface area contributed by atoms with Gasteiger partial charge in [-0.3, -0.25) is 14.4 Å². The second-order valence-electron chi connectivity index (χ2n) is 9.27. The van der Waals surface area contributed by atoms with E-state index in [4.69, 9.17) is 9.47 Å². The van der Waals surface area contributed by atoms with Crippen molar-refractivity contribution in [3.63, 3.8) is 0 Å². The number of carbonyl (C=O) groups is 3. The van der Waals surface area contributed by atoms with Crippen LogP contribution in [0.5, 0.6) is 11.5 Å². The van der Waals surface area contributed by atoms with Crippen molar-refractivity contribution in [3.05, 3.63) is 59.4 Å². The van der Waals surface area contributed by atoms with Crippen LogP contribution in [0.25, 0.3) is 0 Å². The molecule has 2 aromatic rings. The van der Waals surface area contributed by atoms with Crippen LogP contribution in [0.15, 0.2) is 42.5 Å². The summed E-state index contributed by atoms with van der Waals surface area (Å²) in [5.74, 6) is -0.440. The number of benzene rings is 2. The molecule has 1 atom stereocenters. The van der Waals surface area contributed by atoms with E-state index in [0.29, 0.717) is 49.5 Å². The largest absolute Gasteiger partial charge is 0.454 e. The number of halogens is 1. The molecule has 0 radical (unpaired) electrons. The number of rotatable bonds is 7. The van der Waals surface area contributed by atoms with Crippen LogP contribution in [0.4, 0.5) is 4.39 Å². The summed E-state index contributed by atoms with van der Waals surface area (Å²) in [5, 5.41) is 5.81. The van der Waals surface area contributed by atoms with Crippen LogP contribution in [0.1, 0.15) is 47.4 Å². The fraction of sp³-hybridized carbons (Fsp3) is 0.423. The average Bonchev–Trinajstić information content (AvgIpc) is 3.34. The minimum atomic E-state index is -0.766. The van der Waals surface area contributed by atoms with Gasteiger partial charge in [0, 0.05) is 25.2 Å². The van der Waals surface area contributed by atoms with Gasteiger partial charge in [-0.25, -0.2) is 4.39 Å². The number of nitrogens with zero attached hydrogens (tertiary/aromatic N) is 1. The van der Waals surface area contributed by atoms with Crippen LogP contribution in [-0.4, -0.2) is 55.1 Å². The molecule has 3 amide bonds. The molecular weight excluding hydrogens is 453 g/mol. The Morgan fingerprint density at radius 2 is 1.77 bits per heavy atom. The van der Waals surface area contributed by atoms with E-state index < -0.39 is 17.8 Å². The number of fused-ring (bicyclic) bond motifs is 1. The third-order valence-corrected chi connectivity index (χ3v) is 6.29. The molecule has 35 heavy (non-hydrogen) atoms. The number of nitrogens with one attached hydrogen (secondary N) is 2. The zero-order valence-corrected chi connectivity index (χ0v) is 19.9. The van der Waals surface area contributed by atoms with Gasteiger partial charge in [0.05, 0.1) is 5.56 Å². The molecule has 2 aliphatic heterocycles. The predicted molar refractivity (Wildman–Crippen MR) is 127 cm³/mol. The lowest BCUT2D eigenvalue weighted by Gasteiger charge is -2.36. The van der Waals surface area contributed by atoms with Crippen molar-refractivity contribution in [1.29, 1.82) is 0 Å². The van der Waals surface area contributed by atoms with Gasteiger partial charge in [-0.05, 0) is 55.0 Å². The molecule has 9 heteroatoms. The van der Waals surface area contributed by atoms with Crippen molar-refractivity contribution in [1.82, 2.24) is 15.5 Å². The first kappa shape index (κ1) is 24.5. The van der Waals surface area contributed by atoms with E-state index >= 15 is 0 Å². The molecule has 0 bridgehead atoms. The first-order valence-electron chi connectivity index (χ1n) is 11.9. The van der Waals surface area contributed by atoms with E-state index in [1.165, 1.54) is 12.1 Å². The molecular formula is C26H30FN3O5. The molecule has 186 valence electrons. The Labute approximate surface area is 203 Å². The highest BCUT2D eigenvalue weighted by Crippen LogP contribution is 2.32. The van der Waals surface area contributed by atoms with Crippen molar-refractivity contribution >= 4 is 17.7 Å². The lowest BCUT2D eigenvalue weighted by atomic mass is 9.88. The first-order valence-corrected chi connectivity index (χ1v) is 11.9. The van der Waals surface area contributed by atoms with Gasteiger partial charge in [-0.1, -0.05) is 26.0 Å². The molecule has 2 aromatic carbocycles. The van der Waals surface area contributed by atoms with Gasteiger partial charge in [-0.2, -0.15) is 0 Å². The van der Waals surface area contributed by atoms with E-state index in [0.717, 1.165) is 0 Å². The van der Waals surface area contributed by atoms with Gasteiger partial charge >= 0.3 is 0 Å². The van der Waals surface area contributed by atoms with Gasteiger partial charge in [0.1, 0.15) is 11.9 Å². The van der Waals surface area contributed by atoms with Crippen LogP contribution in [0.3, 0.4) is 0 Å². The predicted octanol–water partition coefficient (Wildman–Crippen LogP) is 2.98. The van der Waals surface area contributed by atoms with Crippen LogP contribution < -0.4 is 20.1 Å². The van der Waals surface area contributed by atoms with Crippen molar-refractivity contribution in [2.24, 2.45) is 11.8 Å². The summed E-state index contributed by atoms with van der Waals surface area (Å²) in [6.07, 6.45) is 1.00. The maximum absolute atomic E-state index is 14.1. The van der Waals surface area contributed by atoms with E-state index in [1.54, 1.807) is 35.2 Å². The normalized spacial score (nSPS) is 16.2. The number of likely N-dealkylation sites (tertiary alicyclic amines) is 1. The van der Waals surface area contributed by atoms with Crippen molar-refractivity contribution in [3.8, 4) is 11.5 Å². The Morgan fingerprint density at radius 3 is 2.49 bits per heavy atom. The van der Waals surface area contributed by atoms with Crippen LogP contribution >= 0.6 is 0 Å². The quantitative estimate of drug-likeness (QED) is 0.631. The first-order chi connectivity index (χ1) is 16.8. The Kier molecular flexibility index (Phi) is 7.53. The van der Waals surface area contributed by atoms with Crippen molar-refractivity contribution in [2.45, 2.75) is 32.7 Å². The Balaban J connectivity index is 1.45. The molecule has 0 aromatic heterocycles. The SMILES string of the molecule is CC(C)CNC(=O)[C@H](NC(=O)c1ccc2c(c1)OCO2)C1CCN(C(=O)c2ccccc2F)CC1. The molecule has 2 aliphatic rings. The minimum Gasteiger partial charge on any atom is -0.454 e. The highest BCUT2D eigenvalue weighted by atomic mass is 19.1. The number of piperidine rings is 1. The number of carbonyl (C=O) groups excluding carboxylic acids is 3. The lowest BCUT2D eigenvalue weighted by molar-refractivity contribution is -0.124. The second-order valence-corrected chi connectivity index (χ2v) is 9.27. The van der Waals surface area contributed by atoms with Gasteiger partial charge in [0.15, 0.2) is 11.5 Å².